The van der Waals surface area contributed by atoms with E-state index in [-0.39, 0.29) is 11.3 Å². The highest BCUT2D eigenvalue weighted by atomic mass is 32.2. The Morgan fingerprint density at radius 2 is 1.82 bits per heavy atom. The van der Waals surface area contributed by atoms with E-state index in [2.05, 4.69) is 4.72 Å². The van der Waals surface area contributed by atoms with Crippen LogP contribution in [0.4, 0.5) is 0 Å². The van der Waals surface area contributed by atoms with Crippen LogP contribution in [-0.4, -0.2) is 26.9 Å². The van der Waals surface area contributed by atoms with Gasteiger partial charge in [0.2, 0.25) is 15.9 Å². The number of primary amides is 1. The van der Waals surface area contributed by atoms with Crippen LogP contribution in [0.5, 0.6) is 0 Å². The van der Waals surface area contributed by atoms with Gasteiger partial charge in [-0.2, -0.15) is 4.72 Å². The fraction of sp³-hybridized carbons (Fsp3) is 0.267. The minimum atomic E-state index is -3.85. The summed E-state index contributed by atoms with van der Waals surface area (Å²) in [5.41, 5.74) is 10.7. The lowest BCUT2D eigenvalue weighted by molar-refractivity contribution is -0.119. The smallest absolute Gasteiger partial charge is 0.241 e. The summed E-state index contributed by atoms with van der Waals surface area (Å²) >= 11 is 0. The van der Waals surface area contributed by atoms with Crippen molar-refractivity contribution in [2.45, 2.75) is 23.8 Å². The number of hydrogen-bond acceptors (Lipinski definition) is 4. The predicted molar refractivity (Wildman–Crippen MR) is 85.5 cm³/mol. The van der Waals surface area contributed by atoms with Crippen molar-refractivity contribution < 1.29 is 13.2 Å². The van der Waals surface area contributed by atoms with Crippen molar-refractivity contribution in [1.82, 2.24) is 4.72 Å². The monoisotopic (exact) mass is 321 g/mol. The lowest BCUT2D eigenvalue weighted by Gasteiger charge is -2.16. The summed E-state index contributed by atoms with van der Waals surface area (Å²) in [5.74, 6) is -0.711. The molecule has 0 radical (unpaired) electrons. The van der Waals surface area contributed by atoms with E-state index in [4.69, 9.17) is 11.5 Å². The second-order valence-electron chi connectivity index (χ2n) is 4.98. The van der Waals surface area contributed by atoms with E-state index in [1.807, 2.05) is 18.2 Å². The SMILES string of the molecule is NCCCC(NS(=O)(=O)c1cccc2ccccc12)C(N)=O. The molecule has 118 valence electrons. The van der Waals surface area contributed by atoms with Gasteiger partial charge in [-0.15, -0.1) is 0 Å². The third-order valence-electron chi connectivity index (χ3n) is 3.38. The average Bonchev–Trinajstić information content (AvgIpc) is 2.50. The Hall–Kier alpha value is -1.96. The van der Waals surface area contributed by atoms with Gasteiger partial charge in [-0.3, -0.25) is 4.79 Å². The summed E-state index contributed by atoms with van der Waals surface area (Å²) in [5, 5.41) is 1.41. The summed E-state index contributed by atoms with van der Waals surface area (Å²) in [4.78, 5) is 11.6. The molecule has 2 rings (SSSR count). The quantitative estimate of drug-likeness (QED) is 0.696. The molecule has 0 spiro atoms. The predicted octanol–water partition coefficient (Wildman–Crippen LogP) is 0.711. The van der Waals surface area contributed by atoms with Gasteiger partial charge < -0.3 is 11.5 Å². The standard InChI is InChI=1S/C15H19N3O3S/c16-10-4-8-13(15(17)19)18-22(20,21)14-9-3-6-11-5-1-2-7-12(11)14/h1-3,5-7,9,13,18H,4,8,10,16H2,(H2,17,19). The van der Waals surface area contributed by atoms with Gasteiger partial charge in [0.15, 0.2) is 0 Å². The van der Waals surface area contributed by atoms with Crippen LogP contribution in [0.15, 0.2) is 47.4 Å². The summed E-state index contributed by atoms with van der Waals surface area (Å²) in [7, 11) is -3.85. The number of fused-ring (bicyclic) bond motifs is 1. The third-order valence-corrected chi connectivity index (χ3v) is 4.91. The zero-order valence-corrected chi connectivity index (χ0v) is 12.8. The first-order valence-electron chi connectivity index (χ1n) is 6.95. The van der Waals surface area contributed by atoms with E-state index in [1.54, 1.807) is 18.2 Å². The molecule has 0 aromatic heterocycles. The Kier molecular flexibility index (Phi) is 5.12. The van der Waals surface area contributed by atoms with Crippen LogP contribution in [0.25, 0.3) is 10.8 Å². The van der Waals surface area contributed by atoms with Crippen molar-refractivity contribution in [1.29, 1.82) is 0 Å². The second kappa shape index (κ2) is 6.87. The van der Waals surface area contributed by atoms with Gasteiger partial charge in [0.05, 0.1) is 4.90 Å². The number of carbonyl (C=O) groups is 1. The second-order valence-corrected chi connectivity index (χ2v) is 6.67. The highest BCUT2D eigenvalue weighted by molar-refractivity contribution is 7.89. The fourth-order valence-corrected chi connectivity index (χ4v) is 3.73. The van der Waals surface area contributed by atoms with E-state index < -0.39 is 22.0 Å². The zero-order chi connectivity index (χ0) is 16.2. The third kappa shape index (κ3) is 3.62. The topological polar surface area (TPSA) is 115 Å². The number of nitrogens with one attached hydrogen (secondary N) is 1. The van der Waals surface area contributed by atoms with Gasteiger partial charge in [-0.1, -0.05) is 36.4 Å². The maximum atomic E-state index is 12.6. The number of benzene rings is 2. The molecular formula is C15H19N3O3S. The summed E-state index contributed by atoms with van der Waals surface area (Å²) in [6, 6.07) is 11.2. The minimum absolute atomic E-state index is 0.129. The van der Waals surface area contributed by atoms with Crippen molar-refractivity contribution in [3.8, 4) is 0 Å². The molecule has 0 aliphatic carbocycles. The van der Waals surface area contributed by atoms with E-state index in [9.17, 15) is 13.2 Å². The summed E-state index contributed by atoms with van der Waals surface area (Å²) in [6.07, 6.45) is 0.779. The number of sulfonamides is 1. The molecular weight excluding hydrogens is 302 g/mol. The largest absolute Gasteiger partial charge is 0.368 e. The molecule has 0 heterocycles. The van der Waals surface area contributed by atoms with Crippen LogP contribution in [0.2, 0.25) is 0 Å². The zero-order valence-electron chi connectivity index (χ0n) is 12.0. The Balaban J connectivity index is 2.38. The Morgan fingerprint density at radius 1 is 1.14 bits per heavy atom. The van der Waals surface area contributed by atoms with Crippen LogP contribution in [0.3, 0.4) is 0 Å². The maximum absolute atomic E-state index is 12.6. The molecule has 2 aromatic rings. The van der Waals surface area contributed by atoms with Crippen molar-refractivity contribution in [2.24, 2.45) is 11.5 Å². The van der Waals surface area contributed by atoms with Gasteiger partial charge in [-0.25, -0.2) is 8.42 Å². The Labute approximate surface area is 129 Å². The van der Waals surface area contributed by atoms with Crippen LogP contribution < -0.4 is 16.2 Å². The minimum Gasteiger partial charge on any atom is -0.368 e. The Bertz CT molecular complexity index is 769. The van der Waals surface area contributed by atoms with Gasteiger partial charge in [0.25, 0.3) is 0 Å². The molecule has 1 unspecified atom stereocenters. The molecule has 0 aliphatic rings. The molecule has 1 atom stereocenters. The Morgan fingerprint density at radius 3 is 2.50 bits per heavy atom. The molecule has 7 heteroatoms. The van der Waals surface area contributed by atoms with Gasteiger partial charge in [0, 0.05) is 5.39 Å². The molecule has 6 nitrogen and oxygen atoms in total. The number of amides is 1. The molecule has 0 saturated carbocycles. The summed E-state index contributed by atoms with van der Waals surface area (Å²) in [6.45, 7) is 0.361. The maximum Gasteiger partial charge on any atom is 0.241 e. The van der Waals surface area contributed by atoms with Gasteiger partial charge in [0.1, 0.15) is 6.04 Å². The van der Waals surface area contributed by atoms with Crippen LogP contribution >= 0.6 is 0 Å². The molecule has 1 amide bonds. The van der Waals surface area contributed by atoms with Crippen molar-refractivity contribution >= 4 is 26.7 Å². The van der Waals surface area contributed by atoms with Crippen LogP contribution in [0.1, 0.15) is 12.8 Å². The van der Waals surface area contributed by atoms with E-state index in [0.717, 1.165) is 5.39 Å². The molecule has 2 aromatic carbocycles. The highest BCUT2D eigenvalue weighted by Gasteiger charge is 2.24. The number of hydrogen-bond donors (Lipinski definition) is 3. The first kappa shape index (κ1) is 16.4. The molecule has 5 N–H and O–H groups in total. The van der Waals surface area contributed by atoms with Gasteiger partial charge in [-0.05, 0) is 30.8 Å². The number of rotatable bonds is 7. The van der Waals surface area contributed by atoms with Crippen molar-refractivity contribution in [3.63, 3.8) is 0 Å². The normalized spacial score (nSPS) is 13.1. The average molecular weight is 321 g/mol. The molecule has 0 bridgehead atoms. The molecule has 0 fully saturated rings. The lowest BCUT2D eigenvalue weighted by atomic mass is 10.1. The van der Waals surface area contributed by atoms with Crippen molar-refractivity contribution in [3.05, 3.63) is 42.5 Å². The van der Waals surface area contributed by atoms with Crippen molar-refractivity contribution in [2.75, 3.05) is 6.54 Å². The molecule has 22 heavy (non-hydrogen) atoms. The first-order valence-corrected chi connectivity index (χ1v) is 8.43. The van der Waals surface area contributed by atoms with E-state index >= 15 is 0 Å². The fourth-order valence-electron chi connectivity index (χ4n) is 2.26. The van der Waals surface area contributed by atoms with Gasteiger partial charge >= 0.3 is 0 Å². The van der Waals surface area contributed by atoms with Crippen LogP contribution in [-0.2, 0) is 14.8 Å². The number of nitrogens with two attached hydrogens (primary N) is 2. The lowest BCUT2D eigenvalue weighted by Crippen LogP contribution is -2.44. The number of carbonyl (C=O) groups excluding carboxylic acids is 1. The van der Waals surface area contributed by atoms with E-state index in [0.29, 0.717) is 18.4 Å². The summed E-state index contributed by atoms with van der Waals surface area (Å²) < 4.78 is 27.5. The van der Waals surface area contributed by atoms with E-state index in [1.165, 1.54) is 6.07 Å². The first-order chi connectivity index (χ1) is 10.5. The molecule has 0 saturated heterocycles. The highest BCUT2D eigenvalue weighted by Crippen LogP contribution is 2.23. The van der Waals surface area contributed by atoms with Crippen LogP contribution in [0, 0.1) is 0 Å². The molecule has 0 aliphatic heterocycles.